The molecule has 2 amide bonds. The smallest absolute Gasteiger partial charge is 0.255 e. The molecular formula is C19H21BrN2O3. The van der Waals surface area contributed by atoms with E-state index >= 15 is 0 Å². The molecule has 0 spiro atoms. The highest BCUT2D eigenvalue weighted by molar-refractivity contribution is 9.10. The third-order valence-electron chi connectivity index (χ3n) is 3.65. The van der Waals surface area contributed by atoms with E-state index in [1.165, 1.54) is 0 Å². The summed E-state index contributed by atoms with van der Waals surface area (Å²) >= 11 is 3.42. The number of carbonyl (C=O) groups is 2. The van der Waals surface area contributed by atoms with Crippen LogP contribution in [0.25, 0.3) is 0 Å². The van der Waals surface area contributed by atoms with Crippen LogP contribution >= 0.6 is 15.9 Å². The molecule has 25 heavy (non-hydrogen) atoms. The summed E-state index contributed by atoms with van der Waals surface area (Å²) < 4.78 is 5.83. The Bertz CT molecular complexity index is 745. The highest BCUT2D eigenvalue weighted by Crippen LogP contribution is 2.19. The zero-order valence-electron chi connectivity index (χ0n) is 14.3. The zero-order chi connectivity index (χ0) is 18.2. The van der Waals surface area contributed by atoms with Crippen LogP contribution in [0.15, 0.2) is 46.9 Å². The average Bonchev–Trinajstić information content (AvgIpc) is 2.61. The van der Waals surface area contributed by atoms with Crippen LogP contribution in [0.1, 0.15) is 32.7 Å². The number of ether oxygens (including phenoxy) is 1. The van der Waals surface area contributed by atoms with Crippen molar-refractivity contribution in [1.29, 1.82) is 0 Å². The molecule has 0 bridgehead atoms. The van der Waals surface area contributed by atoms with Crippen LogP contribution in [0, 0.1) is 6.92 Å². The number of halogens is 1. The van der Waals surface area contributed by atoms with Gasteiger partial charge in [-0.15, -0.1) is 0 Å². The van der Waals surface area contributed by atoms with Crippen molar-refractivity contribution >= 4 is 33.4 Å². The van der Waals surface area contributed by atoms with E-state index < -0.39 is 0 Å². The highest BCUT2D eigenvalue weighted by Gasteiger charge is 2.09. The van der Waals surface area contributed by atoms with Gasteiger partial charge in [0.05, 0.1) is 0 Å². The Hall–Kier alpha value is -2.18. The van der Waals surface area contributed by atoms with Crippen molar-refractivity contribution in [3.05, 3.63) is 63.6 Å². The van der Waals surface area contributed by atoms with E-state index in [4.69, 9.17) is 4.74 Å². The average molecular weight is 405 g/mol. The fraction of sp³-hybridized carbons (Fsp3) is 0.263. The minimum atomic E-state index is -0.197. The molecule has 0 aliphatic carbocycles. The van der Waals surface area contributed by atoms with Gasteiger partial charge in [-0.2, -0.15) is 0 Å². The van der Waals surface area contributed by atoms with Gasteiger partial charge in [0.15, 0.2) is 0 Å². The van der Waals surface area contributed by atoms with E-state index in [0.717, 1.165) is 16.5 Å². The van der Waals surface area contributed by atoms with Crippen molar-refractivity contribution in [2.45, 2.75) is 13.3 Å². The lowest BCUT2D eigenvalue weighted by Crippen LogP contribution is -2.25. The number of hydrogen-bond acceptors (Lipinski definition) is 3. The first-order valence-electron chi connectivity index (χ1n) is 7.96. The Morgan fingerprint density at radius 2 is 1.72 bits per heavy atom. The lowest BCUT2D eigenvalue weighted by Gasteiger charge is -2.08. The summed E-state index contributed by atoms with van der Waals surface area (Å²) in [5, 5.41) is 5.64. The monoisotopic (exact) mass is 404 g/mol. The molecule has 132 valence electrons. The van der Waals surface area contributed by atoms with Crippen LogP contribution < -0.4 is 10.6 Å². The lowest BCUT2D eigenvalue weighted by molar-refractivity contribution is 0.0948. The number of carbonyl (C=O) groups excluding carboxylic acids is 2. The van der Waals surface area contributed by atoms with E-state index in [9.17, 15) is 9.59 Å². The molecule has 2 aromatic rings. The predicted molar refractivity (Wildman–Crippen MR) is 102 cm³/mol. The first kappa shape index (κ1) is 19.1. The van der Waals surface area contributed by atoms with Gasteiger partial charge in [-0.3, -0.25) is 9.59 Å². The molecule has 2 aromatic carbocycles. The fourth-order valence-corrected chi connectivity index (χ4v) is 2.54. The number of aryl methyl sites for hydroxylation is 1. The van der Waals surface area contributed by atoms with Crippen LogP contribution in [-0.4, -0.2) is 32.1 Å². The van der Waals surface area contributed by atoms with Gasteiger partial charge in [0.1, 0.15) is 0 Å². The molecule has 0 unspecified atom stereocenters. The van der Waals surface area contributed by atoms with E-state index in [2.05, 4.69) is 26.6 Å². The van der Waals surface area contributed by atoms with E-state index in [1.54, 1.807) is 43.5 Å². The third-order valence-corrected chi connectivity index (χ3v) is 4.50. The first-order chi connectivity index (χ1) is 12.0. The van der Waals surface area contributed by atoms with Crippen molar-refractivity contribution in [3.8, 4) is 0 Å². The summed E-state index contributed by atoms with van der Waals surface area (Å²) in [5.74, 6) is -0.339. The number of methoxy groups -OCH3 is 1. The Labute approximate surface area is 155 Å². The number of anilines is 1. The maximum atomic E-state index is 12.3. The summed E-state index contributed by atoms with van der Waals surface area (Å²) in [7, 11) is 1.63. The molecule has 0 atom stereocenters. The number of nitrogens with one attached hydrogen (secondary N) is 2. The molecule has 2 N–H and O–H groups in total. The van der Waals surface area contributed by atoms with Crippen molar-refractivity contribution in [3.63, 3.8) is 0 Å². The van der Waals surface area contributed by atoms with Crippen molar-refractivity contribution in [2.24, 2.45) is 0 Å². The molecule has 2 rings (SSSR count). The molecule has 0 aliphatic heterocycles. The highest BCUT2D eigenvalue weighted by atomic mass is 79.9. The number of amides is 2. The second-order valence-corrected chi connectivity index (χ2v) is 6.45. The third kappa shape index (κ3) is 5.69. The zero-order valence-corrected chi connectivity index (χ0v) is 15.9. The van der Waals surface area contributed by atoms with Gasteiger partial charge in [-0.1, -0.05) is 22.0 Å². The van der Waals surface area contributed by atoms with Crippen molar-refractivity contribution < 1.29 is 14.3 Å². The van der Waals surface area contributed by atoms with Gasteiger partial charge in [0.25, 0.3) is 11.8 Å². The predicted octanol–water partition coefficient (Wildman–Crippen LogP) is 3.78. The Morgan fingerprint density at radius 1 is 1.04 bits per heavy atom. The van der Waals surface area contributed by atoms with Gasteiger partial charge in [0.2, 0.25) is 0 Å². The molecule has 0 radical (unpaired) electrons. The van der Waals surface area contributed by atoms with E-state index in [-0.39, 0.29) is 11.8 Å². The van der Waals surface area contributed by atoms with Gasteiger partial charge in [-0.25, -0.2) is 0 Å². The van der Waals surface area contributed by atoms with Crippen LogP contribution in [0.2, 0.25) is 0 Å². The quantitative estimate of drug-likeness (QED) is 0.689. The maximum absolute atomic E-state index is 12.3. The molecular weight excluding hydrogens is 384 g/mol. The SMILES string of the molecule is COCCCNC(=O)c1ccc(NC(=O)c2ccc(C)c(Br)c2)cc1. The molecule has 0 aliphatic rings. The molecule has 0 saturated heterocycles. The van der Waals surface area contributed by atoms with Gasteiger partial charge in [0, 0.05) is 41.5 Å². The van der Waals surface area contributed by atoms with Crippen LogP contribution in [0.5, 0.6) is 0 Å². The molecule has 6 heteroatoms. The summed E-state index contributed by atoms with van der Waals surface area (Å²) in [6, 6.07) is 12.2. The van der Waals surface area contributed by atoms with Gasteiger partial charge >= 0.3 is 0 Å². The standard InChI is InChI=1S/C19H21BrN2O3/c1-13-4-5-15(12-17(13)20)19(24)22-16-8-6-14(7-9-16)18(23)21-10-3-11-25-2/h4-9,12H,3,10-11H2,1-2H3,(H,21,23)(H,22,24). The van der Waals surface area contributed by atoms with Crippen LogP contribution in [-0.2, 0) is 4.74 Å². The van der Waals surface area contributed by atoms with Gasteiger partial charge < -0.3 is 15.4 Å². The van der Waals surface area contributed by atoms with E-state index in [1.807, 2.05) is 13.0 Å². The van der Waals surface area contributed by atoms with Crippen LogP contribution in [0.4, 0.5) is 5.69 Å². The molecule has 0 saturated carbocycles. The number of benzene rings is 2. The topological polar surface area (TPSA) is 67.4 Å². The summed E-state index contributed by atoms with van der Waals surface area (Å²) in [5.41, 5.74) is 2.82. The summed E-state index contributed by atoms with van der Waals surface area (Å²) in [6.45, 7) is 3.14. The molecule has 0 fully saturated rings. The Kier molecular flexibility index (Phi) is 7.16. The van der Waals surface area contributed by atoms with Crippen molar-refractivity contribution in [1.82, 2.24) is 5.32 Å². The van der Waals surface area contributed by atoms with Crippen LogP contribution in [0.3, 0.4) is 0 Å². The second-order valence-electron chi connectivity index (χ2n) is 5.60. The fourth-order valence-electron chi connectivity index (χ4n) is 2.16. The number of hydrogen-bond donors (Lipinski definition) is 2. The summed E-state index contributed by atoms with van der Waals surface area (Å²) in [4.78, 5) is 24.3. The normalized spacial score (nSPS) is 10.4. The first-order valence-corrected chi connectivity index (χ1v) is 8.75. The van der Waals surface area contributed by atoms with Gasteiger partial charge in [-0.05, 0) is 55.3 Å². The number of rotatable bonds is 7. The Balaban J connectivity index is 1.94. The molecule has 0 aromatic heterocycles. The summed E-state index contributed by atoms with van der Waals surface area (Å²) in [6.07, 6.45) is 0.766. The Morgan fingerprint density at radius 3 is 2.36 bits per heavy atom. The maximum Gasteiger partial charge on any atom is 0.255 e. The largest absolute Gasteiger partial charge is 0.385 e. The lowest BCUT2D eigenvalue weighted by atomic mass is 10.1. The molecule has 5 nitrogen and oxygen atoms in total. The second kappa shape index (κ2) is 9.34. The van der Waals surface area contributed by atoms with E-state index in [0.29, 0.717) is 30.0 Å². The minimum absolute atomic E-state index is 0.142. The van der Waals surface area contributed by atoms with Crippen molar-refractivity contribution in [2.75, 3.05) is 25.6 Å². The molecule has 0 heterocycles. The minimum Gasteiger partial charge on any atom is -0.385 e.